The van der Waals surface area contributed by atoms with Crippen LogP contribution in [0.15, 0.2) is 58.6 Å². The molecule has 1 amide bonds. The van der Waals surface area contributed by atoms with E-state index in [1.54, 1.807) is 14.0 Å². The number of rotatable bonds is 8. The van der Waals surface area contributed by atoms with E-state index in [4.69, 9.17) is 10.00 Å². The summed E-state index contributed by atoms with van der Waals surface area (Å²) < 4.78 is 34.0. The van der Waals surface area contributed by atoms with Crippen molar-refractivity contribution in [2.75, 3.05) is 20.7 Å². The van der Waals surface area contributed by atoms with Gasteiger partial charge in [-0.25, -0.2) is 13.8 Å². The standard InChI is InChI=1S/C24H26F2N6O2S/c1-16(34-3)22(33)32-24(17-8-5-4-6-9-17,12-7-13-29-23(28-2)30-15-27)35-21(31-32)19-14-18(25)10-11-20(19)26/h4-6,8-11,14,16H,7,12-13H2,1-3H3,(H2,28,29,30)/t16-,24?/m0/s1. The summed E-state index contributed by atoms with van der Waals surface area (Å²) in [6.45, 7) is 2.04. The van der Waals surface area contributed by atoms with Gasteiger partial charge in [0.25, 0.3) is 5.91 Å². The van der Waals surface area contributed by atoms with Crippen LogP contribution in [0.4, 0.5) is 8.78 Å². The van der Waals surface area contributed by atoms with Gasteiger partial charge in [-0.15, -0.1) is 0 Å². The number of halogens is 2. The number of nitrogens with zero attached hydrogens (tertiary/aromatic N) is 4. The van der Waals surface area contributed by atoms with Gasteiger partial charge < -0.3 is 10.1 Å². The Morgan fingerprint density at radius 2 is 2.06 bits per heavy atom. The van der Waals surface area contributed by atoms with Crippen LogP contribution in [-0.2, 0) is 14.4 Å². The summed E-state index contributed by atoms with van der Waals surface area (Å²) in [7, 11) is 2.97. The van der Waals surface area contributed by atoms with Gasteiger partial charge >= 0.3 is 0 Å². The van der Waals surface area contributed by atoms with Crippen LogP contribution in [-0.4, -0.2) is 48.7 Å². The second kappa shape index (κ2) is 11.8. The van der Waals surface area contributed by atoms with E-state index >= 15 is 0 Å². The van der Waals surface area contributed by atoms with Crippen molar-refractivity contribution >= 4 is 28.7 Å². The quantitative estimate of drug-likeness (QED) is 0.189. The summed E-state index contributed by atoms with van der Waals surface area (Å²) in [4.78, 5) is 16.3. The Bertz CT molecular complexity index is 1150. The van der Waals surface area contributed by atoms with Crippen LogP contribution in [0.25, 0.3) is 0 Å². The fourth-order valence-electron chi connectivity index (χ4n) is 3.61. The van der Waals surface area contributed by atoms with Crippen LogP contribution in [0.3, 0.4) is 0 Å². The zero-order chi connectivity index (χ0) is 25.4. The molecule has 1 aliphatic rings. The Hall–Kier alpha value is -3.49. The topological polar surface area (TPSA) is 102 Å². The highest BCUT2D eigenvalue weighted by Crippen LogP contribution is 2.50. The van der Waals surface area contributed by atoms with Gasteiger partial charge in [0, 0.05) is 26.3 Å². The molecule has 0 aliphatic carbocycles. The minimum absolute atomic E-state index is 0.0209. The molecule has 3 rings (SSSR count). The first-order chi connectivity index (χ1) is 16.9. The van der Waals surface area contributed by atoms with Crippen molar-refractivity contribution in [1.82, 2.24) is 15.6 Å². The van der Waals surface area contributed by atoms with E-state index in [-0.39, 0.29) is 10.6 Å². The van der Waals surface area contributed by atoms with Crippen LogP contribution in [0, 0.1) is 23.1 Å². The smallest absolute Gasteiger partial charge is 0.273 e. The summed E-state index contributed by atoms with van der Waals surface area (Å²) in [5.41, 5.74) is 0.754. The van der Waals surface area contributed by atoms with Gasteiger partial charge in [-0.2, -0.15) is 10.4 Å². The second-order valence-electron chi connectivity index (χ2n) is 7.65. The molecule has 0 bridgehead atoms. The number of hydrogen-bond acceptors (Lipinski definition) is 6. The van der Waals surface area contributed by atoms with Gasteiger partial charge in [0.1, 0.15) is 27.7 Å². The molecule has 0 spiro atoms. The number of carbonyl (C=O) groups excluding carboxylic acids is 1. The number of ether oxygens (including phenoxy) is 1. The van der Waals surface area contributed by atoms with Gasteiger partial charge in [0.15, 0.2) is 6.19 Å². The zero-order valence-electron chi connectivity index (χ0n) is 19.6. The van der Waals surface area contributed by atoms with Crippen molar-refractivity contribution in [3.8, 4) is 6.19 Å². The van der Waals surface area contributed by atoms with E-state index in [0.29, 0.717) is 25.3 Å². The zero-order valence-corrected chi connectivity index (χ0v) is 20.4. The summed E-state index contributed by atoms with van der Waals surface area (Å²) in [5.74, 6) is -1.34. The summed E-state index contributed by atoms with van der Waals surface area (Å²) in [5, 5.41) is 20.3. The Balaban J connectivity index is 2.01. The van der Waals surface area contributed by atoms with Crippen LogP contribution in [0.2, 0.25) is 0 Å². The normalized spacial score (nSPS) is 18.6. The van der Waals surface area contributed by atoms with Gasteiger partial charge in [0.2, 0.25) is 5.96 Å². The first-order valence-electron chi connectivity index (χ1n) is 10.9. The lowest BCUT2D eigenvalue weighted by Crippen LogP contribution is -2.46. The van der Waals surface area contributed by atoms with E-state index in [0.717, 1.165) is 23.8 Å². The van der Waals surface area contributed by atoms with Crippen LogP contribution in [0.1, 0.15) is 30.9 Å². The molecule has 184 valence electrons. The van der Waals surface area contributed by atoms with Gasteiger partial charge in [0.05, 0.1) is 0 Å². The number of hydrazone groups is 1. The fraction of sp³-hybridized carbons (Fsp3) is 0.333. The lowest BCUT2D eigenvalue weighted by molar-refractivity contribution is -0.144. The van der Waals surface area contributed by atoms with Crippen molar-refractivity contribution < 1.29 is 18.3 Å². The SMILES string of the molecule is CN=C(NC#N)NCCCC1(c2ccccc2)SC(c2cc(F)ccc2F)=NN1C(=O)[C@H](C)OC. The molecule has 2 aromatic rings. The number of benzene rings is 2. The molecule has 0 fully saturated rings. The number of nitriles is 1. The third-order valence-electron chi connectivity index (χ3n) is 5.48. The number of aliphatic imine (C=N–C) groups is 1. The molecule has 35 heavy (non-hydrogen) atoms. The molecular weight excluding hydrogens is 474 g/mol. The molecule has 0 radical (unpaired) electrons. The molecular formula is C24H26F2N6O2S. The van der Waals surface area contributed by atoms with Gasteiger partial charge in [-0.1, -0.05) is 42.1 Å². The monoisotopic (exact) mass is 500 g/mol. The Labute approximate surface area is 207 Å². The van der Waals surface area contributed by atoms with Gasteiger partial charge in [-0.05, 0) is 43.5 Å². The van der Waals surface area contributed by atoms with E-state index < -0.39 is 28.5 Å². The lowest BCUT2D eigenvalue weighted by Gasteiger charge is -2.37. The van der Waals surface area contributed by atoms with E-state index in [2.05, 4.69) is 20.7 Å². The average molecular weight is 501 g/mol. The van der Waals surface area contributed by atoms with Crippen molar-refractivity contribution in [2.24, 2.45) is 10.1 Å². The predicted octanol–water partition coefficient (Wildman–Crippen LogP) is 3.52. The highest BCUT2D eigenvalue weighted by molar-refractivity contribution is 8.15. The van der Waals surface area contributed by atoms with Crippen molar-refractivity contribution in [3.63, 3.8) is 0 Å². The summed E-state index contributed by atoms with van der Waals surface area (Å²) in [6.07, 6.45) is 1.94. The minimum atomic E-state index is -1.03. The summed E-state index contributed by atoms with van der Waals surface area (Å²) >= 11 is 1.19. The number of methoxy groups -OCH3 is 1. The number of amides is 1. The first kappa shape index (κ1) is 26.1. The molecule has 11 heteroatoms. The Morgan fingerprint density at radius 3 is 2.71 bits per heavy atom. The maximum absolute atomic E-state index is 14.7. The van der Waals surface area contributed by atoms with E-state index in [1.165, 1.54) is 23.9 Å². The van der Waals surface area contributed by atoms with E-state index in [9.17, 15) is 13.6 Å². The van der Waals surface area contributed by atoms with Crippen LogP contribution >= 0.6 is 11.8 Å². The lowest BCUT2D eigenvalue weighted by atomic mass is 9.99. The van der Waals surface area contributed by atoms with Crippen molar-refractivity contribution in [1.29, 1.82) is 5.26 Å². The first-order valence-corrected chi connectivity index (χ1v) is 11.7. The third kappa shape index (κ3) is 5.78. The molecule has 0 saturated carbocycles. The average Bonchev–Trinajstić information content (AvgIpc) is 3.27. The summed E-state index contributed by atoms with van der Waals surface area (Å²) in [6, 6.07) is 12.4. The molecule has 8 nitrogen and oxygen atoms in total. The number of guanidine groups is 1. The molecule has 0 saturated heterocycles. The molecule has 2 atom stereocenters. The van der Waals surface area contributed by atoms with Crippen LogP contribution < -0.4 is 10.6 Å². The number of nitrogens with one attached hydrogen (secondary N) is 2. The van der Waals surface area contributed by atoms with Crippen molar-refractivity contribution in [3.05, 3.63) is 71.3 Å². The van der Waals surface area contributed by atoms with Gasteiger partial charge in [-0.3, -0.25) is 15.1 Å². The molecule has 2 aromatic carbocycles. The Morgan fingerprint density at radius 1 is 1.31 bits per heavy atom. The number of carbonyl (C=O) groups is 1. The molecule has 1 aliphatic heterocycles. The number of hydrogen-bond donors (Lipinski definition) is 2. The molecule has 2 N–H and O–H groups in total. The second-order valence-corrected chi connectivity index (χ2v) is 8.92. The molecule has 1 unspecified atom stereocenters. The number of thioether (sulfide) groups is 1. The van der Waals surface area contributed by atoms with Crippen LogP contribution in [0.5, 0.6) is 0 Å². The largest absolute Gasteiger partial charge is 0.372 e. The fourth-order valence-corrected chi connectivity index (χ4v) is 5.04. The molecule has 1 heterocycles. The van der Waals surface area contributed by atoms with E-state index in [1.807, 2.05) is 36.5 Å². The predicted molar refractivity (Wildman–Crippen MR) is 131 cm³/mol. The minimum Gasteiger partial charge on any atom is -0.372 e. The van der Waals surface area contributed by atoms with Crippen molar-refractivity contribution in [2.45, 2.75) is 30.7 Å². The highest BCUT2D eigenvalue weighted by atomic mass is 32.2. The maximum atomic E-state index is 14.7. The maximum Gasteiger partial charge on any atom is 0.273 e. The Kier molecular flexibility index (Phi) is 8.78. The third-order valence-corrected chi connectivity index (χ3v) is 6.92. The molecule has 0 aromatic heterocycles. The highest BCUT2D eigenvalue weighted by Gasteiger charge is 2.49.